The van der Waals surface area contributed by atoms with Crippen molar-refractivity contribution in [2.24, 2.45) is 0 Å². The molecule has 0 saturated heterocycles. The Morgan fingerprint density at radius 1 is 1.25 bits per heavy atom. The first-order valence-electron chi connectivity index (χ1n) is 4.74. The van der Waals surface area contributed by atoms with Gasteiger partial charge >= 0.3 is 0 Å². The van der Waals surface area contributed by atoms with Crippen molar-refractivity contribution in [2.75, 3.05) is 0 Å². The lowest BCUT2D eigenvalue weighted by Gasteiger charge is -1.94. The zero-order valence-electron chi connectivity index (χ0n) is 7.64. The summed E-state index contributed by atoms with van der Waals surface area (Å²) in [5.74, 6) is 1.49. The molecule has 0 bridgehead atoms. The molecule has 0 fully saturated rings. The average molecular weight is 168 g/mol. The monoisotopic (exact) mass is 168 g/mol. The standard InChI is InChI=1S/C10H16O2/c1-2-3-4-5-6-7-9-10(8-11)12-9/h8H,2-7H2,1H3. The van der Waals surface area contributed by atoms with Gasteiger partial charge in [-0.1, -0.05) is 32.6 Å². The average Bonchev–Trinajstić information content (AvgIpc) is 2.83. The Kier molecular flexibility index (Phi) is 3.85. The predicted octanol–water partition coefficient (Wildman–Crippen LogP) is 2.79. The number of unbranched alkanes of at least 4 members (excludes halogenated alkanes) is 4. The van der Waals surface area contributed by atoms with Crippen LogP contribution in [-0.2, 0) is 9.53 Å². The van der Waals surface area contributed by atoms with Gasteiger partial charge in [0.2, 0.25) is 5.76 Å². The maximum Gasteiger partial charge on any atom is 0.204 e. The van der Waals surface area contributed by atoms with E-state index in [1.54, 1.807) is 0 Å². The molecule has 2 nitrogen and oxygen atoms in total. The topological polar surface area (TPSA) is 29.6 Å². The van der Waals surface area contributed by atoms with Crippen LogP contribution in [0.2, 0.25) is 0 Å². The highest BCUT2D eigenvalue weighted by Gasteiger charge is 2.22. The van der Waals surface area contributed by atoms with Crippen molar-refractivity contribution in [3.05, 3.63) is 11.5 Å². The summed E-state index contributed by atoms with van der Waals surface area (Å²) in [5, 5.41) is 0. The fraction of sp³-hybridized carbons (Fsp3) is 0.700. The molecule has 0 atom stereocenters. The highest BCUT2D eigenvalue weighted by Crippen LogP contribution is 2.28. The molecule has 0 amide bonds. The third-order valence-electron chi connectivity index (χ3n) is 2.08. The van der Waals surface area contributed by atoms with E-state index in [-0.39, 0.29) is 0 Å². The molecule has 68 valence electrons. The van der Waals surface area contributed by atoms with Crippen LogP contribution in [0.4, 0.5) is 0 Å². The minimum absolute atomic E-state index is 0.575. The van der Waals surface area contributed by atoms with Gasteiger partial charge in [0.05, 0.1) is 0 Å². The second-order valence-corrected chi connectivity index (χ2v) is 3.17. The molecule has 2 heteroatoms. The molecule has 1 aliphatic heterocycles. The molecule has 0 N–H and O–H groups in total. The van der Waals surface area contributed by atoms with Crippen molar-refractivity contribution in [1.82, 2.24) is 0 Å². The SMILES string of the molecule is CCCCCCCC1=C(C=O)O1. The van der Waals surface area contributed by atoms with Crippen molar-refractivity contribution in [1.29, 1.82) is 0 Å². The summed E-state index contributed by atoms with van der Waals surface area (Å²) in [6, 6.07) is 0. The van der Waals surface area contributed by atoms with Crippen LogP contribution in [0.1, 0.15) is 45.4 Å². The number of ether oxygens (including phenoxy) is 1. The quantitative estimate of drug-likeness (QED) is 0.432. The van der Waals surface area contributed by atoms with Gasteiger partial charge in [0.15, 0.2) is 12.0 Å². The number of hydrogen-bond acceptors (Lipinski definition) is 2. The number of rotatable bonds is 7. The van der Waals surface area contributed by atoms with Gasteiger partial charge in [-0.15, -0.1) is 0 Å². The van der Waals surface area contributed by atoms with E-state index in [4.69, 9.17) is 4.74 Å². The van der Waals surface area contributed by atoms with E-state index in [0.29, 0.717) is 5.76 Å². The van der Waals surface area contributed by atoms with Gasteiger partial charge in [-0.2, -0.15) is 0 Å². The number of carbonyl (C=O) groups excluding carboxylic acids is 1. The Morgan fingerprint density at radius 2 is 2.00 bits per heavy atom. The van der Waals surface area contributed by atoms with Crippen LogP contribution in [0.25, 0.3) is 0 Å². The molecule has 0 unspecified atom stereocenters. The lowest BCUT2D eigenvalue weighted by molar-refractivity contribution is -0.105. The Hall–Kier alpha value is -0.790. The van der Waals surface area contributed by atoms with Gasteiger partial charge in [-0.3, -0.25) is 4.79 Å². The van der Waals surface area contributed by atoms with E-state index < -0.39 is 0 Å². The number of aldehydes is 1. The molecule has 1 rings (SSSR count). The van der Waals surface area contributed by atoms with Crippen LogP contribution < -0.4 is 0 Å². The smallest absolute Gasteiger partial charge is 0.204 e. The molecule has 0 aliphatic carbocycles. The lowest BCUT2D eigenvalue weighted by Crippen LogP contribution is -1.76. The fourth-order valence-electron chi connectivity index (χ4n) is 1.26. The van der Waals surface area contributed by atoms with Gasteiger partial charge in [0.25, 0.3) is 0 Å². The van der Waals surface area contributed by atoms with Crippen molar-refractivity contribution < 1.29 is 9.53 Å². The predicted molar refractivity (Wildman–Crippen MR) is 47.6 cm³/mol. The molecule has 0 aromatic heterocycles. The second kappa shape index (κ2) is 4.96. The Morgan fingerprint density at radius 3 is 2.58 bits per heavy atom. The molecule has 0 saturated carbocycles. The summed E-state index contributed by atoms with van der Waals surface area (Å²) in [5.41, 5.74) is 0. The van der Waals surface area contributed by atoms with Crippen LogP contribution in [-0.4, -0.2) is 6.29 Å². The first-order valence-corrected chi connectivity index (χ1v) is 4.74. The molecule has 12 heavy (non-hydrogen) atoms. The summed E-state index contributed by atoms with van der Waals surface area (Å²) in [6.07, 6.45) is 8.07. The Balaban J connectivity index is 1.90. The molecule has 1 heterocycles. The lowest BCUT2D eigenvalue weighted by atomic mass is 10.1. The van der Waals surface area contributed by atoms with Gasteiger partial charge in [0, 0.05) is 6.42 Å². The van der Waals surface area contributed by atoms with Crippen molar-refractivity contribution in [2.45, 2.75) is 45.4 Å². The van der Waals surface area contributed by atoms with Crippen LogP contribution in [0.5, 0.6) is 0 Å². The summed E-state index contributed by atoms with van der Waals surface area (Å²) in [6.45, 7) is 2.21. The maximum atomic E-state index is 10.1. The third kappa shape index (κ3) is 3.07. The minimum atomic E-state index is 0.575. The summed E-state index contributed by atoms with van der Waals surface area (Å²) < 4.78 is 4.94. The zero-order chi connectivity index (χ0) is 8.81. The fourth-order valence-corrected chi connectivity index (χ4v) is 1.26. The third-order valence-corrected chi connectivity index (χ3v) is 2.08. The molecular formula is C10H16O2. The molecule has 0 aromatic rings. The van der Waals surface area contributed by atoms with Crippen LogP contribution in [0.15, 0.2) is 11.5 Å². The Bertz CT molecular complexity index is 182. The van der Waals surface area contributed by atoms with E-state index in [9.17, 15) is 4.79 Å². The Labute approximate surface area is 73.6 Å². The largest absolute Gasteiger partial charge is 0.451 e. The van der Waals surface area contributed by atoms with Gasteiger partial charge in [-0.05, 0) is 6.42 Å². The normalized spacial score (nSPS) is 14.4. The van der Waals surface area contributed by atoms with Gasteiger partial charge in [0.1, 0.15) is 0 Å². The van der Waals surface area contributed by atoms with E-state index in [1.807, 2.05) is 0 Å². The zero-order valence-corrected chi connectivity index (χ0v) is 7.64. The summed E-state index contributed by atoms with van der Waals surface area (Å²) in [7, 11) is 0. The van der Waals surface area contributed by atoms with Crippen LogP contribution in [0.3, 0.4) is 0 Å². The molecule has 0 spiro atoms. The van der Waals surface area contributed by atoms with Crippen LogP contribution in [0, 0.1) is 0 Å². The van der Waals surface area contributed by atoms with Crippen LogP contribution >= 0.6 is 0 Å². The summed E-state index contributed by atoms with van der Waals surface area (Å²) >= 11 is 0. The number of allylic oxidation sites excluding steroid dienone is 2. The summed E-state index contributed by atoms with van der Waals surface area (Å²) in [4.78, 5) is 10.1. The maximum absolute atomic E-state index is 10.1. The minimum Gasteiger partial charge on any atom is -0.451 e. The first-order chi connectivity index (χ1) is 5.88. The molecular weight excluding hydrogens is 152 g/mol. The highest BCUT2D eigenvalue weighted by molar-refractivity contribution is 5.75. The number of carbonyl (C=O) groups is 1. The van der Waals surface area contributed by atoms with E-state index in [2.05, 4.69) is 6.92 Å². The van der Waals surface area contributed by atoms with Crippen molar-refractivity contribution >= 4 is 6.29 Å². The van der Waals surface area contributed by atoms with Crippen molar-refractivity contribution in [3.63, 3.8) is 0 Å². The highest BCUT2D eigenvalue weighted by atomic mass is 16.6. The molecule has 0 aromatic carbocycles. The first kappa shape index (κ1) is 9.30. The molecule has 0 radical (unpaired) electrons. The van der Waals surface area contributed by atoms with E-state index in [0.717, 1.165) is 24.9 Å². The van der Waals surface area contributed by atoms with E-state index >= 15 is 0 Å². The number of hydrogen-bond donors (Lipinski definition) is 0. The van der Waals surface area contributed by atoms with E-state index in [1.165, 1.54) is 25.7 Å². The van der Waals surface area contributed by atoms with Crippen molar-refractivity contribution in [3.8, 4) is 0 Å². The molecule has 1 aliphatic rings. The van der Waals surface area contributed by atoms with Gasteiger partial charge < -0.3 is 4.74 Å². The second-order valence-electron chi connectivity index (χ2n) is 3.17. The van der Waals surface area contributed by atoms with Gasteiger partial charge in [-0.25, -0.2) is 0 Å².